The Morgan fingerprint density at radius 1 is 1.35 bits per heavy atom. The van der Waals surface area contributed by atoms with E-state index in [1.807, 2.05) is 0 Å². The Kier molecular flexibility index (Phi) is 4.37. The van der Waals surface area contributed by atoms with Gasteiger partial charge >= 0.3 is 5.97 Å². The van der Waals surface area contributed by atoms with Crippen molar-refractivity contribution < 1.29 is 18.7 Å². The number of aldehydes is 1. The Balaban J connectivity index is 2.49. The van der Waals surface area contributed by atoms with Crippen LogP contribution >= 0.6 is 0 Å². The van der Waals surface area contributed by atoms with E-state index in [2.05, 4.69) is 0 Å². The highest BCUT2D eigenvalue weighted by Crippen LogP contribution is 2.14. The molecule has 92 valence electrons. The molecule has 0 aliphatic carbocycles. The zero-order valence-corrected chi connectivity index (χ0v) is 9.90. The molecule has 0 heterocycles. The Morgan fingerprint density at radius 2 is 1.94 bits per heavy atom. The van der Waals surface area contributed by atoms with Crippen LogP contribution in [0.25, 0.3) is 0 Å². The second-order valence-corrected chi connectivity index (χ2v) is 4.34. The third-order valence-corrected chi connectivity index (χ3v) is 2.21. The van der Waals surface area contributed by atoms with Crippen LogP contribution in [0, 0.1) is 0 Å². The van der Waals surface area contributed by atoms with Gasteiger partial charge in [0.25, 0.3) is 0 Å². The van der Waals surface area contributed by atoms with Gasteiger partial charge in [-0.15, -0.1) is 0 Å². The molecule has 1 aromatic rings. The van der Waals surface area contributed by atoms with Gasteiger partial charge in [-0.25, -0.2) is 9.18 Å². The molecule has 1 aromatic carbocycles. The van der Waals surface area contributed by atoms with Gasteiger partial charge in [-0.2, -0.15) is 0 Å². The first-order valence-corrected chi connectivity index (χ1v) is 5.34. The maximum Gasteiger partial charge on any atom is 0.338 e. The summed E-state index contributed by atoms with van der Waals surface area (Å²) in [6.45, 7) is 2.90. The average molecular weight is 238 g/mol. The number of rotatable bonds is 5. The van der Waals surface area contributed by atoms with Crippen LogP contribution in [0.4, 0.5) is 4.39 Å². The zero-order valence-electron chi connectivity index (χ0n) is 9.90. The molecular weight excluding hydrogens is 223 g/mol. The van der Waals surface area contributed by atoms with Crippen LogP contribution in [0.15, 0.2) is 24.3 Å². The molecule has 0 aromatic heterocycles. The molecule has 3 nitrogen and oxygen atoms in total. The Hall–Kier alpha value is -1.71. The van der Waals surface area contributed by atoms with Gasteiger partial charge < -0.3 is 4.74 Å². The number of carbonyl (C=O) groups is 2. The van der Waals surface area contributed by atoms with Crippen molar-refractivity contribution in [1.82, 2.24) is 0 Å². The number of benzene rings is 1. The number of hydrogen-bond acceptors (Lipinski definition) is 3. The van der Waals surface area contributed by atoms with E-state index in [9.17, 15) is 14.0 Å². The van der Waals surface area contributed by atoms with Crippen LogP contribution in [0.5, 0.6) is 0 Å². The predicted molar refractivity (Wildman–Crippen MR) is 61.9 cm³/mol. The van der Waals surface area contributed by atoms with Crippen LogP contribution in [0.1, 0.15) is 41.0 Å². The summed E-state index contributed by atoms with van der Waals surface area (Å²) in [7, 11) is 0. The van der Waals surface area contributed by atoms with E-state index < -0.39 is 11.6 Å². The zero-order chi connectivity index (χ0) is 12.9. The summed E-state index contributed by atoms with van der Waals surface area (Å²) in [6, 6.07) is 6.07. The summed E-state index contributed by atoms with van der Waals surface area (Å²) in [4.78, 5) is 21.9. The van der Waals surface area contributed by atoms with Crippen LogP contribution in [0.3, 0.4) is 0 Å². The summed E-state index contributed by atoms with van der Waals surface area (Å²) < 4.78 is 18.0. The molecule has 0 unspecified atom stereocenters. The Bertz CT molecular complexity index is 390. The first-order chi connectivity index (χ1) is 7.92. The number of hydrogen-bond donors (Lipinski definition) is 0. The largest absolute Gasteiger partial charge is 0.462 e. The minimum Gasteiger partial charge on any atom is -0.462 e. The van der Waals surface area contributed by atoms with E-state index in [0.717, 1.165) is 0 Å². The van der Waals surface area contributed by atoms with Crippen molar-refractivity contribution in [2.75, 3.05) is 6.61 Å². The smallest absolute Gasteiger partial charge is 0.338 e. The fraction of sp³-hybridized carbons (Fsp3) is 0.385. The summed E-state index contributed by atoms with van der Waals surface area (Å²) in [6.07, 6.45) is 0.853. The molecule has 17 heavy (non-hydrogen) atoms. The van der Waals surface area contributed by atoms with Crippen LogP contribution in [-0.4, -0.2) is 24.5 Å². The average Bonchev–Trinajstić information content (AvgIpc) is 2.27. The van der Waals surface area contributed by atoms with Gasteiger partial charge in [0.2, 0.25) is 0 Å². The first kappa shape index (κ1) is 13.4. The van der Waals surface area contributed by atoms with Gasteiger partial charge in [-0.1, -0.05) is 12.1 Å². The number of carbonyl (C=O) groups excluding carboxylic acids is 2. The molecule has 0 saturated heterocycles. The van der Waals surface area contributed by atoms with Crippen LogP contribution in [0.2, 0.25) is 0 Å². The fourth-order valence-electron chi connectivity index (χ4n) is 1.17. The molecule has 0 aliphatic heterocycles. The van der Waals surface area contributed by atoms with Gasteiger partial charge in [0, 0.05) is 12.0 Å². The quantitative estimate of drug-likeness (QED) is 0.585. The second kappa shape index (κ2) is 5.57. The minimum atomic E-state index is -1.35. The third kappa shape index (κ3) is 4.76. The highest BCUT2D eigenvalue weighted by atomic mass is 19.1. The highest BCUT2D eigenvalue weighted by molar-refractivity contribution is 5.90. The van der Waals surface area contributed by atoms with Gasteiger partial charge in [0.1, 0.15) is 12.0 Å². The molecule has 0 N–H and O–H groups in total. The predicted octanol–water partition coefficient (Wildman–Crippen LogP) is 2.79. The maximum atomic E-state index is 13.1. The molecular formula is C13H15FO3. The molecule has 1 rings (SSSR count). The monoisotopic (exact) mass is 238 g/mol. The number of ether oxygens (including phenoxy) is 1. The van der Waals surface area contributed by atoms with Gasteiger partial charge in [0.05, 0.1) is 12.2 Å². The molecule has 0 bridgehead atoms. The number of alkyl halides is 1. The molecule has 0 spiro atoms. The van der Waals surface area contributed by atoms with E-state index in [0.29, 0.717) is 17.4 Å². The third-order valence-electron chi connectivity index (χ3n) is 2.21. The molecule has 0 radical (unpaired) electrons. The second-order valence-electron chi connectivity index (χ2n) is 4.34. The highest BCUT2D eigenvalue weighted by Gasteiger charge is 2.16. The van der Waals surface area contributed by atoms with Crippen molar-refractivity contribution in [1.29, 1.82) is 0 Å². The SMILES string of the molecule is CC(C)(F)CCOC(=O)c1ccc(C=O)cc1. The van der Waals surface area contributed by atoms with E-state index in [1.54, 1.807) is 0 Å². The van der Waals surface area contributed by atoms with Gasteiger partial charge in [-0.05, 0) is 26.0 Å². The maximum absolute atomic E-state index is 13.1. The Labute approximate surface area is 99.6 Å². The molecule has 0 aliphatic rings. The summed E-state index contributed by atoms with van der Waals surface area (Å²) in [5, 5.41) is 0. The molecule has 4 heteroatoms. The van der Waals surface area contributed by atoms with Crippen molar-refractivity contribution in [2.24, 2.45) is 0 Å². The van der Waals surface area contributed by atoms with E-state index in [4.69, 9.17) is 4.74 Å². The summed E-state index contributed by atoms with van der Waals surface area (Å²) in [5.41, 5.74) is -0.500. The van der Waals surface area contributed by atoms with Gasteiger partial charge in [-0.3, -0.25) is 4.79 Å². The molecule has 0 amide bonds. The van der Waals surface area contributed by atoms with E-state index in [-0.39, 0.29) is 13.0 Å². The van der Waals surface area contributed by atoms with Gasteiger partial charge in [0.15, 0.2) is 0 Å². The topological polar surface area (TPSA) is 43.4 Å². The van der Waals surface area contributed by atoms with Crippen molar-refractivity contribution in [2.45, 2.75) is 25.9 Å². The van der Waals surface area contributed by atoms with Crippen molar-refractivity contribution >= 4 is 12.3 Å². The Morgan fingerprint density at radius 3 is 2.41 bits per heavy atom. The molecule has 0 saturated carbocycles. The summed E-state index contributed by atoms with van der Waals surface area (Å²) >= 11 is 0. The lowest BCUT2D eigenvalue weighted by atomic mass is 10.1. The normalized spacial score (nSPS) is 11.0. The van der Waals surface area contributed by atoms with E-state index in [1.165, 1.54) is 38.1 Å². The lowest BCUT2D eigenvalue weighted by molar-refractivity contribution is 0.0432. The van der Waals surface area contributed by atoms with E-state index >= 15 is 0 Å². The minimum absolute atomic E-state index is 0.0394. The summed E-state index contributed by atoms with van der Waals surface area (Å²) in [5.74, 6) is -0.508. The van der Waals surface area contributed by atoms with Crippen molar-refractivity contribution in [3.63, 3.8) is 0 Å². The number of esters is 1. The fourth-order valence-corrected chi connectivity index (χ4v) is 1.17. The van der Waals surface area contributed by atoms with Crippen LogP contribution in [-0.2, 0) is 4.74 Å². The van der Waals surface area contributed by atoms with Crippen LogP contribution < -0.4 is 0 Å². The van der Waals surface area contributed by atoms with Crippen molar-refractivity contribution in [3.8, 4) is 0 Å². The molecule has 0 atom stereocenters. The first-order valence-electron chi connectivity index (χ1n) is 5.34. The standard InChI is InChI=1S/C13H15FO3/c1-13(2,14)7-8-17-12(16)11-5-3-10(9-15)4-6-11/h3-6,9H,7-8H2,1-2H3. The molecule has 0 fully saturated rings. The number of halogens is 1. The lowest BCUT2D eigenvalue weighted by Gasteiger charge is -2.13. The lowest BCUT2D eigenvalue weighted by Crippen LogP contribution is -2.17. The van der Waals surface area contributed by atoms with Crippen molar-refractivity contribution in [3.05, 3.63) is 35.4 Å².